The monoisotopic (exact) mass is 481 g/mol. The number of ether oxygens (including phenoxy) is 1. The number of guanidine groups is 1. The maximum absolute atomic E-state index is 13.4. The van der Waals surface area contributed by atoms with Gasteiger partial charge in [-0.3, -0.25) is 4.99 Å². The van der Waals surface area contributed by atoms with Crippen molar-refractivity contribution in [1.29, 1.82) is 0 Å². The highest BCUT2D eigenvalue weighted by molar-refractivity contribution is 14.0. The number of aliphatic imine (C=N–C) groups is 1. The van der Waals surface area contributed by atoms with Gasteiger partial charge in [0.1, 0.15) is 12.4 Å². The Hall–Kier alpha value is -1.42. The minimum Gasteiger partial charge on any atom is -0.489 e. The van der Waals surface area contributed by atoms with E-state index in [0.717, 1.165) is 19.0 Å². The van der Waals surface area contributed by atoms with Crippen molar-refractivity contribution in [3.05, 3.63) is 52.2 Å². The molecule has 0 unspecified atom stereocenters. The lowest BCUT2D eigenvalue weighted by Gasteiger charge is -2.12. The number of halogens is 3. The number of nitrogens with one attached hydrogen (secondary N) is 2. The smallest absolute Gasteiger partial charge is 0.191 e. The molecule has 0 aliphatic rings. The third kappa shape index (κ3) is 8.00. The Morgan fingerprint density at radius 2 is 2.08 bits per heavy atom. The van der Waals surface area contributed by atoms with Crippen LogP contribution in [0.2, 0.25) is 0 Å². The molecule has 0 aliphatic heterocycles. The normalized spacial score (nSPS) is 10.9. The Morgan fingerprint density at radius 3 is 2.76 bits per heavy atom. The van der Waals surface area contributed by atoms with Crippen LogP contribution in [0.5, 0.6) is 5.75 Å². The summed E-state index contributed by atoms with van der Waals surface area (Å²) < 4.78 is 31.6. The molecule has 8 heteroatoms. The van der Waals surface area contributed by atoms with E-state index in [9.17, 15) is 8.78 Å². The van der Waals surface area contributed by atoms with Crippen molar-refractivity contribution in [2.75, 3.05) is 26.2 Å². The third-order valence-electron chi connectivity index (χ3n) is 3.10. The Balaban J connectivity index is 0.00000312. The average Bonchev–Trinajstić information content (AvgIpc) is 3.06. The van der Waals surface area contributed by atoms with Gasteiger partial charge in [-0.1, -0.05) is 6.07 Å². The van der Waals surface area contributed by atoms with Gasteiger partial charge in [0.05, 0.1) is 6.54 Å². The number of hydrogen-bond donors (Lipinski definition) is 2. The molecular formula is C17H22F2IN3OS. The van der Waals surface area contributed by atoms with E-state index in [4.69, 9.17) is 4.74 Å². The van der Waals surface area contributed by atoms with Crippen LogP contribution in [0.4, 0.5) is 8.78 Å². The second-order valence-electron chi connectivity index (χ2n) is 4.94. The number of hydrogen-bond acceptors (Lipinski definition) is 3. The van der Waals surface area contributed by atoms with Crippen molar-refractivity contribution in [2.24, 2.45) is 4.99 Å². The second-order valence-corrected chi connectivity index (χ2v) is 5.97. The van der Waals surface area contributed by atoms with Gasteiger partial charge in [-0.05, 0) is 30.5 Å². The number of rotatable bonds is 8. The molecule has 1 aromatic heterocycles. The van der Waals surface area contributed by atoms with Crippen molar-refractivity contribution in [3.63, 3.8) is 0 Å². The average molecular weight is 481 g/mol. The molecule has 4 nitrogen and oxygen atoms in total. The SMILES string of the molecule is CCNC(=NCCc1cccs1)NCCOc1ccc(F)cc1F.I. The van der Waals surface area contributed by atoms with E-state index in [0.29, 0.717) is 19.0 Å². The fourth-order valence-corrected chi connectivity index (χ4v) is 2.70. The van der Waals surface area contributed by atoms with E-state index >= 15 is 0 Å². The molecule has 0 fully saturated rings. The third-order valence-corrected chi connectivity index (χ3v) is 4.03. The molecule has 0 bridgehead atoms. The quantitative estimate of drug-likeness (QED) is 0.261. The molecular weight excluding hydrogens is 459 g/mol. The lowest BCUT2D eigenvalue weighted by Crippen LogP contribution is -2.39. The van der Waals surface area contributed by atoms with Gasteiger partial charge in [-0.15, -0.1) is 35.3 Å². The molecule has 0 spiro atoms. The van der Waals surface area contributed by atoms with Crippen LogP contribution < -0.4 is 15.4 Å². The summed E-state index contributed by atoms with van der Waals surface area (Å²) in [7, 11) is 0. The predicted octanol–water partition coefficient (Wildman–Crippen LogP) is 3.82. The van der Waals surface area contributed by atoms with Crippen molar-refractivity contribution in [1.82, 2.24) is 10.6 Å². The summed E-state index contributed by atoms with van der Waals surface area (Å²) in [6, 6.07) is 7.37. The van der Waals surface area contributed by atoms with Gasteiger partial charge in [-0.2, -0.15) is 0 Å². The minimum absolute atomic E-state index is 0. The molecule has 25 heavy (non-hydrogen) atoms. The zero-order valence-electron chi connectivity index (χ0n) is 13.9. The summed E-state index contributed by atoms with van der Waals surface area (Å²) in [4.78, 5) is 5.78. The van der Waals surface area contributed by atoms with Crippen LogP contribution in [0.15, 0.2) is 40.7 Å². The van der Waals surface area contributed by atoms with Gasteiger partial charge in [0, 0.05) is 30.5 Å². The summed E-state index contributed by atoms with van der Waals surface area (Å²) in [5, 5.41) is 8.32. The highest BCUT2D eigenvalue weighted by Gasteiger charge is 2.04. The van der Waals surface area contributed by atoms with Gasteiger partial charge in [0.2, 0.25) is 0 Å². The van der Waals surface area contributed by atoms with Crippen LogP contribution in [-0.4, -0.2) is 32.2 Å². The lowest BCUT2D eigenvalue weighted by molar-refractivity contribution is 0.304. The molecule has 0 aliphatic carbocycles. The fourth-order valence-electron chi connectivity index (χ4n) is 2.00. The van der Waals surface area contributed by atoms with Crippen LogP contribution in [-0.2, 0) is 6.42 Å². The number of thiophene rings is 1. The molecule has 2 rings (SSSR count). The standard InChI is InChI=1S/C17H21F2N3OS.HI/c1-2-20-17(21-8-7-14-4-3-11-24-14)22-9-10-23-16-6-5-13(18)12-15(16)19;/h3-6,11-12H,2,7-10H2,1H3,(H2,20,21,22);1H. The van der Waals surface area contributed by atoms with Crippen LogP contribution in [0.25, 0.3) is 0 Å². The molecule has 2 N–H and O–H groups in total. The minimum atomic E-state index is -0.702. The predicted molar refractivity (Wildman–Crippen MR) is 109 cm³/mol. The van der Waals surface area contributed by atoms with Gasteiger partial charge in [-0.25, -0.2) is 8.78 Å². The molecule has 0 saturated carbocycles. The Morgan fingerprint density at radius 1 is 1.24 bits per heavy atom. The van der Waals surface area contributed by atoms with E-state index in [2.05, 4.69) is 27.1 Å². The summed E-state index contributed by atoms with van der Waals surface area (Å²) in [5.41, 5.74) is 0. The summed E-state index contributed by atoms with van der Waals surface area (Å²) in [6.07, 6.45) is 0.894. The molecule has 0 radical (unpaired) electrons. The zero-order valence-corrected chi connectivity index (χ0v) is 17.1. The molecule has 2 aromatic rings. The van der Waals surface area contributed by atoms with Gasteiger partial charge in [0.15, 0.2) is 17.5 Å². The first-order valence-electron chi connectivity index (χ1n) is 7.81. The first kappa shape index (κ1) is 21.6. The summed E-state index contributed by atoms with van der Waals surface area (Å²) in [5.74, 6) is -0.591. The van der Waals surface area contributed by atoms with Crippen molar-refractivity contribution in [3.8, 4) is 5.75 Å². The van der Waals surface area contributed by atoms with E-state index < -0.39 is 11.6 Å². The first-order valence-corrected chi connectivity index (χ1v) is 8.69. The van der Waals surface area contributed by atoms with Crippen molar-refractivity contribution in [2.45, 2.75) is 13.3 Å². The van der Waals surface area contributed by atoms with Crippen LogP contribution >= 0.6 is 35.3 Å². The van der Waals surface area contributed by atoms with Crippen LogP contribution in [0.1, 0.15) is 11.8 Å². The molecule has 0 amide bonds. The van der Waals surface area contributed by atoms with Gasteiger partial charge >= 0.3 is 0 Å². The highest BCUT2D eigenvalue weighted by Crippen LogP contribution is 2.17. The maximum atomic E-state index is 13.4. The molecule has 0 atom stereocenters. The van der Waals surface area contributed by atoms with Gasteiger partial charge < -0.3 is 15.4 Å². The Kier molecular flexibility index (Phi) is 10.4. The van der Waals surface area contributed by atoms with Crippen LogP contribution in [0.3, 0.4) is 0 Å². The molecule has 0 saturated heterocycles. The van der Waals surface area contributed by atoms with Crippen molar-refractivity contribution < 1.29 is 13.5 Å². The largest absolute Gasteiger partial charge is 0.489 e. The highest BCUT2D eigenvalue weighted by atomic mass is 127. The van der Waals surface area contributed by atoms with E-state index in [1.807, 2.05) is 13.0 Å². The molecule has 1 heterocycles. The second kappa shape index (κ2) is 12.0. The topological polar surface area (TPSA) is 45.7 Å². The number of benzene rings is 1. The first-order chi connectivity index (χ1) is 11.7. The zero-order chi connectivity index (χ0) is 17.2. The molecule has 1 aromatic carbocycles. The summed E-state index contributed by atoms with van der Waals surface area (Å²) >= 11 is 1.72. The molecule has 138 valence electrons. The van der Waals surface area contributed by atoms with E-state index in [1.54, 1.807) is 11.3 Å². The summed E-state index contributed by atoms with van der Waals surface area (Å²) in [6.45, 7) is 4.13. The van der Waals surface area contributed by atoms with E-state index in [-0.39, 0.29) is 36.3 Å². The Labute approximate surface area is 167 Å². The van der Waals surface area contributed by atoms with Crippen LogP contribution in [0, 0.1) is 11.6 Å². The Bertz CT molecular complexity index is 653. The fraction of sp³-hybridized carbons (Fsp3) is 0.353. The lowest BCUT2D eigenvalue weighted by atomic mass is 10.3. The van der Waals surface area contributed by atoms with Crippen molar-refractivity contribution >= 4 is 41.3 Å². The maximum Gasteiger partial charge on any atom is 0.191 e. The van der Waals surface area contributed by atoms with E-state index in [1.165, 1.54) is 17.0 Å². The van der Waals surface area contributed by atoms with Gasteiger partial charge in [0.25, 0.3) is 0 Å². The number of nitrogens with zero attached hydrogens (tertiary/aromatic N) is 1.